The highest BCUT2D eigenvalue weighted by Gasteiger charge is 2.17. The molecule has 0 bridgehead atoms. The van der Waals surface area contributed by atoms with Gasteiger partial charge in [-0.1, -0.05) is 19.4 Å². The van der Waals surface area contributed by atoms with Crippen LogP contribution < -0.4 is 10.6 Å². The topological polar surface area (TPSA) is 78.4 Å². The average Bonchev–Trinajstić information content (AvgIpc) is 2.38. The van der Waals surface area contributed by atoms with Crippen LogP contribution in [0, 0.1) is 18.7 Å². The molecule has 0 aliphatic rings. The monoisotopic (exact) mass is 282 g/mol. The zero-order chi connectivity index (χ0) is 15.1. The lowest BCUT2D eigenvalue weighted by atomic mass is 10.0. The molecule has 1 rings (SSSR count). The Hall–Kier alpha value is -2.11. The molecule has 1 atom stereocenters. The SMILES string of the molecule is CCCC(CNC(=O)Nc1ccc(C)c(F)c1)C(=O)O. The van der Waals surface area contributed by atoms with E-state index in [4.69, 9.17) is 5.11 Å². The van der Waals surface area contributed by atoms with Gasteiger partial charge in [-0.25, -0.2) is 9.18 Å². The van der Waals surface area contributed by atoms with Crippen molar-refractivity contribution in [2.45, 2.75) is 26.7 Å². The summed E-state index contributed by atoms with van der Waals surface area (Å²) in [5, 5.41) is 13.9. The molecule has 110 valence electrons. The van der Waals surface area contributed by atoms with Gasteiger partial charge in [0.15, 0.2) is 0 Å². The Bertz CT molecular complexity index is 491. The molecule has 5 nitrogen and oxygen atoms in total. The first kappa shape index (κ1) is 15.9. The number of aliphatic carboxylic acids is 1. The molecular formula is C14H19FN2O3. The summed E-state index contributed by atoms with van der Waals surface area (Å²) in [7, 11) is 0. The number of carboxylic acids is 1. The van der Waals surface area contributed by atoms with Gasteiger partial charge in [0.2, 0.25) is 0 Å². The summed E-state index contributed by atoms with van der Waals surface area (Å²) >= 11 is 0. The quantitative estimate of drug-likeness (QED) is 0.750. The third-order valence-electron chi connectivity index (χ3n) is 2.93. The predicted molar refractivity (Wildman–Crippen MR) is 74.2 cm³/mol. The number of anilines is 1. The highest BCUT2D eigenvalue weighted by atomic mass is 19.1. The van der Waals surface area contributed by atoms with Crippen LogP contribution in [0.3, 0.4) is 0 Å². The second-order valence-electron chi connectivity index (χ2n) is 4.62. The van der Waals surface area contributed by atoms with Crippen LogP contribution in [0.25, 0.3) is 0 Å². The molecule has 1 unspecified atom stereocenters. The van der Waals surface area contributed by atoms with Crippen molar-refractivity contribution in [3.63, 3.8) is 0 Å². The van der Waals surface area contributed by atoms with E-state index < -0.39 is 23.7 Å². The van der Waals surface area contributed by atoms with Crippen molar-refractivity contribution >= 4 is 17.7 Å². The number of aryl methyl sites for hydroxylation is 1. The molecule has 0 spiro atoms. The van der Waals surface area contributed by atoms with E-state index in [-0.39, 0.29) is 6.54 Å². The molecule has 0 aliphatic carbocycles. The number of carbonyl (C=O) groups is 2. The first-order valence-electron chi connectivity index (χ1n) is 6.47. The Labute approximate surface area is 117 Å². The summed E-state index contributed by atoms with van der Waals surface area (Å²) in [4.78, 5) is 22.5. The first-order chi connectivity index (χ1) is 9.43. The highest BCUT2D eigenvalue weighted by molar-refractivity contribution is 5.89. The number of hydrogen-bond donors (Lipinski definition) is 3. The molecule has 1 aromatic rings. The maximum absolute atomic E-state index is 13.3. The van der Waals surface area contributed by atoms with Gasteiger partial charge in [0.1, 0.15) is 5.82 Å². The number of rotatable bonds is 6. The lowest BCUT2D eigenvalue weighted by Crippen LogP contribution is -2.35. The third kappa shape index (κ3) is 4.87. The molecular weight excluding hydrogens is 263 g/mol. The number of hydrogen-bond acceptors (Lipinski definition) is 2. The van der Waals surface area contributed by atoms with Crippen molar-refractivity contribution in [3.8, 4) is 0 Å². The van der Waals surface area contributed by atoms with Crippen LogP contribution in [-0.4, -0.2) is 23.7 Å². The summed E-state index contributed by atoms with van der Waals surface area (Å²) in [6, 6.07) is 3.81. The normalized spacial score (nSPS) is 11.8. The van der Waals surface area contributed by atoms with Crippen molar-refractivity contribution in [1.82, 2.24) is 5.32 Å². The smallest absolute Gasteiger partial charge is 0.319 e. The Morgan fingerprint density at radius 1 is 1.40 bits per heavy atom. The zero-order valence-corrected chi connectivity index (χ0v) is 11.6. The van der Waals surface area contributed by atoms with Crippen LogP contribution in [0.4, 0.5) is 14.9 Å². The van der Waals surface area contributed by atoms with Crippen molar-refractivity contribution in [2.24, 2.45) is 5.92 Å². The minimum atomic E-state index is -0.937. The van der Waals surface area contributed by atoms with Crippen LogP contribution in [0.15, 0.2) is 18.2 Å². The number of amides is 2. The van der Waals surface area contributed by atoms with Crippen molar-refractivity contribution in [3.05, 3.63) is 29.6 Å². The van der Waals surface area contributed by atoms with E-state index in [0.29, 0.717) is 17.7 Å². The molecule has 0 saturated carbocycles. The van der Waals surface area contributed by atoms with Gasteiger partial charge in [0.05, 0.1) is 5.92 Å². The van der Waals surface area contributed by atoms with Gasteiger partial charge >= 0.3 is 12.0 Å². The number of benzene rings is 1. The fraction of sp³-hybridized carbons (Fsp3) is 0.429. The number of halogens is 1. The second kappa shape index (κ2) is 7.47. The average molecular weight is 282 g/mol. The molecule has 0 aliphatic heterocycles. The van der Waals surface area contributed by atoms with Crippen LogP contribution in [0.1, 0.15) is 25.3 Å². The maximum atomic E-state index is 13.3. The zero-order valence-electron chi connectivity index (χ0n) is 11.6. The van der Waals surface area contributed by atoms with Crippen molar-refractivity contribution < 1.29 is 19.1 Å². The molecule has 6 heteroatoms. The van der Waals surface area contributed by atoms with Crippen LogP contribution >= 0.6 is 0 Å². The minimum Gasteiger partial charge on any atom is -0.481 e. The molecule has 0 saturated heterocycles. The fourth-order valence-corrected chi connectivity index (χ4v) is 1.72. The summed E-state index contributed by atoms with van der Waals surface area (Å²) in [5.41, 5.74) is 0.817. The number of nitrogens with one attached hydrogen (secondary N) is 2. The Balaban J connectivity index is 2.50. The fourth-order valence-electron chi connectivity index (χ4n) is 1.72. The van der Waals surface area contributed by atoms with E-state index in [1.165, 1.54) is 6.07 Å². The van der Waals surface area contributed by atoms with Crippen LogP contribution in [-0.2, 0) is 4.79 Å². The van der Waals surface area contributed by atoms with E-state index in [1.807, 2.05) is 6.92 Å². The summed E-state index contributed by atoms with van der Waals surface area (Å²) in [6.45, 7) is 3.55. The summed E-state index contributed by atoms with van der Waals surface area (Å²) in [6.07, 6.45) is 1.22. The summed E-state index contributed by atoms with van der Waals surface area (Å²) < 4.78 is 13.3. The largest absolute Gasteiger partial charge is 0.481 e. The molecule has 2 amide bonds. The summed E-state index contributed by atoms with van der Waals surface area (Å²) in [5.74, 6) is -1.95. The lowest BCUT2D eigenvalue weighted by molar-refractivity contribution is -0.141. The van der Waals surface area contributed by atoms with Crippen LogP contribution in [0.2, 0.25) is 0 Å². The molecule has 0 fully saturated rings. The van der Waals surface area contributed by atoms with Gasteiger partial charge in [-0.2, -0.15) is 0 Å². The van der Waals surface area contributed by atoms with E-state index >= 15 is 0 Å². The molecule has 0 radical (unpaired) electrons. The van der Waals surface area contributed by atoms with Gasteiger partial charge in [0, 0.05) is 12.2 Å². The molecule has 1 aromatic carbocycles. The maximum Gasteiger partial charge on any atom is 0.319 e. The van der Waals surface area contributed by atoms with E-state index in [9.17, 15) is 14.0 Å². The van der Waals surface area contributed by atoms with Gasteiger partial charge < -0.3 is 15.7 Å². The van der Waals surface area contributed by atoms with Gasteiger partial charge in [-0.3, -0.25) is 4.79 Å². The Morgan fingerprint density at radius 3 is 2.65 bits per heavy atom. The molecule has 3 N–H and O–H groups in total. The lowest BCUT2D eigenvalue weighted by Gasteiger charge is -2.13. The van der Waals surface area contributed by atoms with Crippen molar-refractivity contribution in [1.29, 1.82) is 0 Å². The number of carbonyl (C=O) groups excluding carboxylic acids is 1. The van der Waals surface area contributed by atoms with Gasteiger partial charge in [-0.15, -0.1) is 0 Å². The second-order valence-corrected chi connectivity index (χ2v) is 4.62. The molecule has 20 heavy (non-hydrogen) atoms. The number of urea groups is 1. The predicted octanol–water partition coefficient (Wildman–Crippen LogP) is 2.76. The highest BCUT2D eigenvalue weighted by Crippen LogP contribution is 2.13. The molecule has 0 heterocycles. The van der Waals surface area contributed by atoms with E-state index in [2.05, 4.69) is 10.6 Å². The van der Waals surface area contributed by atoms with Crippen molar-refractivity contribution in [2.75, 3.05) is 11.9 Å². The van der Waals surface area contributed by atoms with E-state index in [1.54, 1.807) is 19.1 Å². The number of carboxylic acid groups (broad SMARTS) is 1. The third-order valence-corrected chi connectivity index (χ3v) is 2.93. The van der Waals surface area contributed by atoms with E-state index in [0.717, 1.165) is 6.42 Å². The first-order valence-corrected chi connectivity index (χ1v) is 6.47. The van der Waals surface area contributed by atoms with Crippen LogP contribution in [0.5, 0.6) is 0 Å². The Morgan fingerprint density at radius 2 is 2.10 bits per heavy atom. The van der Waals surface area contributed by atoms with Gasteiger partial charge in [-0.05, 0) is 31.0 Å². The Kier molecular flexibility index (Phi) is 5.96. The minimum absolute atomic E-state index is 0.0450. The molecule has 0 aromatic heterocycles. The standard InChI is InChI=1S/C14H19FN2O3/c1-3-4-10(13(18)19)8-16-14(20)17-11-6-5-9(2)12(15)7-11/h5-7,10H,3-4,8H2,1-2H3,(H,18,19)(H2,16,17,20). The van der Waals surface area contributed by atoms with Gasteiger partial charge in [0.25, 0.3) is 0 Å².